The maximum Gasteiger partial charge on any atom is 0.411 e. The summed E-state index contributed by atoms with van der Waals surface area (Å²) in [7, 11) is 1.25. The Kier molecular flexibility index (Phi) is 8.80. The van der Waals surface area contributed by atoms with E-state index >= 15 is 0 Å². The van der Waals surface area contributed by atoms with Crippen LogP contribution in [0.1, 0.15) is 18.4 Å². The topological polar surface area (TPSA) is 60.9 Å². The molecule has 0 saturated heterocycles. The van der Waals surface area contributed by atoms with Gasteiger partial charge in [-0.3, -0.25) is 9.69 Å². The van der Waals surface area contributed by atoms with Crippen LogP contribution < -0.4 is 4.90 Å². The molecule has 0 heterocycles. The number of halogens is 5. The minimum atomic E-state index is -4.67. The van der Waals surface area contributed by atoms with Crippen LogP contribution in [0, 0.1) is 0 Å². The van der Waals surface area contributed by atoms with Gasteiger partial charge in [-0.1, -0.05) is 53.5 Å². The standard InChI is InChI=1S/C23H23Cl2F3N2O3/c1-3-11-22(16-9-10-18(24)19(25)12-16,14-29(2)20(31)13-23(26,27)28)15-30(21(32)33)17-7-5-4-6-8-17/h3-10,12H,1,11,13-15H2,2H3,(H,32,33)/t22-/m0/s1. The summed E-state index contributed by atoms with van der Waals surface area (Å²) in [5, 5.41) is 10.4. The molecule has 0 aliphatic rings. The van der Waals surface area contributed by atoms with Gasteiger partial charge in [-0.25, -0.2) is 4.79 Å². The fraction of sp³-hybridized carbons (Fsp3) is 0.304. The largest absolute Gasteiger partial charge is 0.465 e. The van der Waals surface area contributed by atoms with Crippen LogP contribution in [0.25, 0.3) is 0 Å². The third kappa shape index (κ3) is 7.14. The first-order chi connectivity index (χ1) is 15.4. The average molecular weight is 503 g/mol. The fourth-order valence-corrected chi connectivity index (χ4v) is 3.91. The molecule has 0 aliphatic heterocycles. The van der Waals surface area contributed by atoms with Crippen molar-refractivity contribution >= 4 is 40.9 Å². The minimum Gasteiger partial charge on any atom is -0.465 e. The Bertz CT molecular complexity index is 1000. The predicted molar refractivity (Wildman–Crippen MR) is 123 cm³/mol. The molecule has 1 N–H and O–H groups in total. The van der Waals surface area contributed by atoms with E-state index < -0.39 is 30.0 Å². The summed E-state index contributed by atoms with van der Waals surface area (Å²) >= 11 is 12.2. The molecule has 2 amide bonds. The van der Waals surface area contributed by atoms with Crippen molar-refractivity contribution in [2.45, 2.75) is 24.4 Å². The highest BCUT2D eigenvalue weighted by Gasteiger charge is 2.40. The monoisotopic (exact) mass is 502 g/mol. The Balaban J connectivity index is 2.59. The van der Waals surface area contributed by atoms with E-state index in [0.717, 1.165) is 9.80 Å². The van der Waals surface area contributed by atoms with E-state index in [1.807, 2.05) is 0 Å². The summed E-state index contributed by atoms with van der Waals surface area (Å²) in [6.45, 7) is 3.34. The number of carboxylic acid groups (broad SMARTS) is 1. The second kappa shape index (κ2) is 10.9. The number of carbonyl (C=O) groups is 2. The van der Waals surface area contributed by atoms with Crippen molar-refractivity contribution in [3.63, 3.8) is 0 Å². The normalized spacial score (nSPS) is 13.2. The van der Waals surface area contributed by atoms with Crippen molar-refractivity contribution in [2.75, 3.05) is 25.0 Å². The zero-order valence-corrected chi connectivity index (χ0v) is 19.3. The van der Waals surface area contributed by atoms with Crippen molar-refractivity contribution in [3.05, 3.63) is 76.8 Å². The van der Waals surface area contributed by atoms with Gasteiger partial charge in [0.2, 0.25) is 5.91 Å². The molecule has 10 heteroatoms. The van der Waals surface area contributed by atoms with Crippen molar-refractivity contribution in [1.29, 1.82) is 0 Å². The number of carbonyl (C=O) groups excluding carboxylic acids is 1. The lowest BCUT2D eigenvalue weighted by molar-refractivity contribution is -0.161. The highest BCUT2D eigenvalue weighted by atomic mass is 35.5. The number of likely N-dealkylation sites (N-methyl/N-ethyl adjacent to an activating group) is 1. The van der Waals surface area contributed by atoms with Crippen LogP contribution in [0.15, 0.2) is 61.2 Å². The molecule has 0 bridgehead atoms. The maximum atomic E-state index is 12.8. The summed E-state index contributed by atoms with van der Waals surface area (Å²) in [5.41, 5.74) is -0.298. The first-order valence-corrected chi connectivity index (χ1v) is 10.6. The highest BCUT2D eigenvalue weighted by molar-refractivity contribution is 6.42. The molecule has 0 aromatic heterocycles. The zero-order valence-electron chi connectivity index (χ0n) is 17.8. The second-order valence-corrected chi connectivity index (χ2v) is 8.46. The number of alkyl halides is 3. The number of anilines is 1. The number of hydrogen-bond acceptors (Lipinski definition) is 2. The zero-order chi connectivity index (χ0) is 24.8. The summed E-state index contributed by atoms with van der Waals surface area (Å²) in [6, 6.07) is 12.9. The van der Waals surface area contributed by atoms with Gasteiger partial charge in [-0.15, -0.1) is 6.58 Å². The molecular formula is C23H23Cl2F3N2O3. The van der Waals surface area contributed by atoms with E-state index in [-0.39, 0.29) is 29.6 Å². The Hall–Kier alpha value is -2.71. The molecule has 2 aromatic rings. The van der Waals surface area contributed by atoms with Crippen LogP contribution in [0.3, 0.4) is 0 Å². The number of para-hydroxylation sites is 1. The molecule has 178 valence electrons. The van der Waals surface area contributed by atoms with Crippen LogP contribution in [-0.2, 0) is 10.2 Å². The molecule has 2 aromatic carbocycles. The summed E-state index contributed by atoms with van der Waals surface area (Å²) < 4.78 is 38.5. The van der Waals surface area contributed by atoms with Crippen molar-refractivity contribution in [3.8, 4) is 0 Å². The van der Waals surface area contributed by atoms with Gasteiger partial charge >= 0.3 is 12.3 Å². The number of allylic oxidation sites excluding steroid dienone is 1. The summed E-state index contributed by atoms with van der Waals surface area (Å²) in [6.07, 6.45) is -5.90. The van der Waals surface area contributed by atoms with E-state index in [1.54, 1.807) is 36.4 Å². The molecule has 0 unspecified atom stereocenters. The number of hydrogen-bond donors (Lipinski definition) is 1. The molecule has 0 spiro atoms. The Morgan fingerprint density at radius 1 is 1.06 bits per heavy atom. The van der Waals surface area contributed by atoms with Crippen LogP contribution in [0.4, 0.5) is 23.7 Å². The van der Waals surface area contributed by atoms with Gasteiger partial charge in [0.15, 0.2) is 0 Å². The van der Waals surface area contributed by atoms with Gasteiger partial charge in [0.1, 0.15) is 6.42 Å². The molecule has 1 atom stereocenters. The summed E-state index contributed by atoms with van der Waals surface area (Å²) in [4.78, 5) is 26.5. The van der Waals surface area contributed by atoms with Gasteiger partial charge in [0, 0.05) is 31.2 Å². The van der Waals surface area contributed by atoms with E-state index in [1.165, 1.54) is 25.3 Å². The van der Waals surface area contributed by atoms with Gasteiger partial charge in [0.25, 0.3) is 0 Å². The third-order valence-electron chi connectivity index (χ3n) is 5.14. The molecule has 5 nitrogen and oxygen atoms in total. The lowest BCUT2D eigenvalue weighted by atomic mass is 9.76. The molecule has 0 fully saturated rings. The maximum absolute atomic E-state index is 12.8. The van der Waals surface area contributed by atoms with Crippen molar-refractivity contribution < 1.29 is 27.9 Å². The van der Waals surface area contributed by atoms with Crippen LogP contribution >= 0.6 is 23.2 Å². The molecule has 0 aliphatic carbocycles. The summed E-state index contributed by atoms with van der Waals surface area (Å²) in [5.74, 6) is -1.14. The van der Waals surface area contributed by atoms with Crippen molar-refractivity contribution in [1.82, 2.24) is 4.90 Å². The van der Waals surface area contributed by atoms with Gasteiger partial charge < -0.3 is 10.0 Å². The molecule has 33 heavy (non-hydrogen) atoms. The first kappa shape index (κ1) is 26.5. The SMILES string of the molecule is C=CC[C@](CN(C)C(=O)CC(F)(F)F)(CN(C(=O)O)c1ccccc1)c1ccc(Cl)c(Cl)c1. The lowest BCUT2D eigenvalue weighted by Gasteiger charge is -2.40. The third-order valence-corrected chi connectivity index (χ3v) is 5.88. The number of rotatable bonds is 9. The Morgan fingerprint density at radius 3 is 2.21 bits per heavy atom. The lowest BCUT2D eigenvalue weighted by Crippen LogP contribution is -2.51. The second-order valence-electron chi connectivity index (χ2n) is 7.65. The molecular weight excluding hydrogens is 480 g/mol. The van der Waals surface area contributed by atoms with Gasteiger partial charge in [-0.05, 0) is 36.2 Å². The van der Waals surface area contributed by atoms with E-state index in [2.05, 4.69) is 6.58 Å². The van der Waals surface area contributed by atoms with Gasteiger partial charge in [-0.2, -0.15) is 13.2 Å². The van der Waals surface area contributed by atoms with Crippen molar-refractivity contribution in [2.24, 2.45) is 0 Å². The smallest absolute Gasteiger partial charge is 0.411 e. The molecule has 0 radical (unpaired) electrons. The highest BCUT2D eigenvalue weighted by Crippen LogP contribution is 2.36. The first-order valence-electron chi connectivity index (χ1n) is 9.81. The predicted octanol–water partition coefficient (Wildman–Crippen LogP) is 6.40. The number of nitrogens with zero attached hydrogens (tertiary/aromatic N) is 2. The van der Waals surface area contributed by atoms with Crippen LogP contribution in [-0.4, -0.2) is 48.3 Å². The van der Waals surface area contributed by atoms with E-state index in [4.69, 9.17) is 23.2 Å². The number of benzene rings is 2. The quantitative estimate of drug-likeness (QED) is 0.403. The Morgan fingerprint density at radius 2 is 1.70 bits per heavy atom. The fourth-order valence-electron chi connectivity index (χ4n) is 3.61. The average Bonchev–Trinajstić information content (AvgIpc) is 2.73. The van der Waals surface area contributed by atoms with E-state index in [0.29, 0.717) is 11.3 Å². The number of amides is 2. The molecule has 0 saturated carbocycles. The van der Waals surface area contributed by atoms with E-state index in [9.17, 15) is 27.9 Å². The van der Waals surface area contributed by atoms with Crippen LogP contribution in [0.2, 0.25) is 10.0 Å². The Labute approximate surface area is 200 Å². The van der Waals surface area contributed by atoms with Crippen LogP contribution in [0.5, 0.6) is 0 Å². The van der Waals surface area contributed by atoms with Gasteiger partial charge in [0.05, 0.1) is 10.0 Å². The molecule has 2 rings (SSSR count). The minimum absolute atomic E-state index is 0.144.